The summed E-state index contributed by atoms with van der Waals surface area (Å²) in [6, 6.07) is 11.0. The Kier molecular flexibility index (Phi) is 8.25. The molecule has 0 saturated carbocycles. The Morgan fingerprint density at radius 2 is 2.00 bits per heavy atom. The van der Waals surface area contributed by atoms with Crippen LogP contribution in [0.4, 0.5) is 0 Å². The van der Waals surface area contributed by atoms with Crippen LogP contribution in [-0.4, -0.2) is 34.2 Å². The molecule has 2 atom stereocenters. The molecule has 2 aromatic rings. The fraction of sp³-hybridized carbons (Fsp3) is 0.400. The molecule has 0 aliphatic heterocycles. The number of carbonyl (C=O) groups excluding carboxylic acids is 2. The van der Waals surface area contributed by atoms with E-state index in [9.17, 15) is 14.4 Å². The number of rotatable bonds is 9. The number of aromatic nitrogens is 2. The summed E-state index contributed by atoms with van der Waals surface area (Å²) in [4.78, 5) is 42.7. The van der Waals surface area contributed by atoms with E-state index >= 15 is 0 Å². The molecule has 1 heterocycles. The Morgan fingerprint density at radius 3 is 2.64 bits per heavy atom. The smallest absolute Gasteiger partial charge is 0.311 e. The fourth-order valence-corrected chi connectivity index (χ4v) is 3.50. The Morgan fingerprint density at radius 1 is 1.29 bits per heavy atom. The average Bonchev–Trinajstić information content (AvgIpc) is 2.67. The van der Waals surface area contributed by atoms with Gasteiger partial charge in [0.2, 0.25) is 5.91 Å². The third-order valence-electron chi connectivity index (χ3n) is 4.08. The van der Waals surface area contributed by atoms with Crippen molar-refractivity contribution in [3.8, 4) is 0 Å². The van der Waals surface area contributed by atoms with Crippen molar-refractivity contribution in [3.05, 3.63) is 58.0 Å². The molecule has 1 amide bonds. The Labute approximate surface area is 168 Å². The highest BCUT2D eigenvalue weighted by molar-refractivity contribution is 8.00. The van der Waals surface area contributed by atoms with Crippen molar-refractivity contribution >= 4 is 23.6 Å². The van der Waals surface area contributed by atoms with E-state index in [2.05, 4.69) is 26.9 Å². The van der Waals surface area contributed by atoms with Gasteiger partial charge in [-0.3, -0.25) is 14.4 Å². The number of ether oxygens (including phenoxy) is 1. The standard InChI is InChI=1S/C20H25N3O4S/c1-4-8-16(14-9-6-5-7-10-14)22-19(26)13(2)28-20-21-15(11-17(24)23-20)12-18(25)27-3/h5-7,9-11,13,16H,4,8,12H2,1-3H3,(H,22,26)(H,21,23,24)/t13-,16-/m0/s1. The zero-order valence-electron chi connectivity index (χ0n) is 16.2. The molecule has 0 bridgehead atoms. The van der Waals surface area contributed by atoms with Crippen LogP contribution < -0.4 is 10.9 Å². The van der Waals surface area contributed by atoms with E-state index in [4.69, 9.17) is 0 Å². The summed E-state index contributed by atoms with van der Waals surface area (Å²) >= 11 is 1.14. The maximum Gasteiger partial charge on any atom is 0.311 e. The molecule has 0 radical (unpaired) electrons. The lowest BCUT2D eigenvalue weighted by Crippen LogP contribution is -2.34. The molecule has 2 rings (SSSR count). The van der Waals surface area contributed by atoms with E-state index in [1.807, 2.05) is 30.3 Å². The number of methoxy groups -OCH3 is 1. The van der Waals surface area contributed by atoms with Gasteiger partial charge >= 0.3 is 5.97 Å². The fourth-order valence-electron chi connectivity index (χ4n) is 2.66. The minimum Gasteiger partial charge on any atom is -0.469 e. The van der Waals surface area contributed by atoms with Crippen molar-refractivity contribution in [1.29, 1.82) is 0 Å². The van der Waals surface area contributed by atoms with E-state index in [0.717, 1.165) is 30.2 Å². The van der Waals surface area contributed by atoms with Gasteiger partial charge in [0.05, 0.1) is 30.5 Å². The maximum atomic E-state index is 12.7. The summed E-state index contributed by atoms with van der Waals surface area (Å²) < 4.78 is 4.60. The predicted octanol–water partition coefficient (Wildman–Crippen LogP) is 2.62. The summed E-state index contributed by atoms with van der Waals surface area (Å²) in [5, 5.41) is 2.89. The number of benzene rings is 1. The van der Waals surface area contributed by atoms with Crippen molar-refractivity contribution in [2.45, 2.75) is 49.6 Å². The van der Waals surface area contributed by atoms with Crippen LogP contribution in [0.5, 0.6) is 0 Å². The molecule has 0 aliphatic rings. The van der Waals surface area contributed by atoms with Crippen LogP contribution in [0.2, 0.25) is 0 Å². The maximum absolute atomic E-state index is 12.7. The number of hydrogen-bond acceptors (Lipinski definition) is 6. The lowest BCUT2D eigenvalue weighted by molar-refractivity contribution is -0.139. The van der Waals surface area contributed by atoms with Crippen LogP contribution in [0.1, 0.15) is 44.0 Å². The SMILES string of the molecule is CCC[C@H](NC(=O)[C@H](C)Sc1nc(CC(=O)OC)cc(=O)[nH]1)c1ccccc1. The largest absolute Gasteiger partial charge is 0.469 e. The number of nitrogens with zero attached hydrogens (tertiary/aromatic N) is 1. The lowest BCUT2D eigenvalue weighted by atomic mass is 10.0. The van der Waals surface area contributed by atoms with Crippen molar-refractivity contribution in [2.75, 3.05) is 7.11 Å². The topological polar surface area (TPSA) is 101 Å². The Bertz CT molecular complexity index is 854. The van der Waals surface area contributed by atoms with Crippen LogP contribution in [0, 0.1) is 0 Å². The third kappa shape index (κ3) is 6.53. The van der Waals surface area contributed by atoms with Crippen LogP contribution in [-0.2, 0) is 20.7 Å². The van der Waals surface area contributed by atoms with Crippen LogP contribution in [0.3, 0.4) is 0 Å². The van der Waals surface area contributed by atoms with E-state index in [1.165, 1.54) is 13.2 Å². The molecule has 0 aliphatic carbocycles. The second-order valence-corrected chi connectivity index (χ2v) is 7.64. The van der Waals surface area contributed by atoms with Gasteiger partial charge in [0, 0.05) is 6.07 Å². The molecule has 28 heavy (non-hydrogen) atoms. The van der Waals surface area contributed by atoms with E-state index in [1.54, 1.807) is 6.92 Å². The van der Waals surface area contributed by atoms with Crippen molar-refractivity contribution in [3.63, 3.8) is 0 Å². The number of thioether (sulfide) groups is 1. The van der Waals surface area contributed by atoms with Gasteiger partial charge in [-0.2, -0.15) is 0 Å². The molecule has 0 unspecified atom stereocenters. The van der Waals surface area contributed by atoms with Gasteiger partial charge in [0.25, 0.3) is 5.56 Å². The quantitative estimate of drug-likeness (QED) is 0.379. The minimum atomic E-state index is -0.481. The second kappa shape index (κ2) is 10.7. The van der Waals surface area contributed by atoms with Crippen LogP contribution >= 0.6 is 11.8 Å². The highest BCUT2D eigenvalue weighted by atomic mass is 32.2. The van der Waals surface area contributed by atoms with Gasteiger partial charge in [0.1, 0.15) is 0 Å². The predicted molar refractivity (Wildman–Crippen MR) is 108 cm³/mol. The monoisotopic (exact) mass is 403 g/mol. The number of nitrogens with one attached hydrogen (secondary N) is 2. The number of hydrogen-bond donors (Lipinski definition) is 2. The minimum absolute atomic E-state index is 0.0700. The van der Waals surface area contributed by atoms with E-state index in [0.29, 0.717) is 10.9 Å². The van der Waals surface area contributed by atoms with Gasteiger partial charge < -0.3 is 15.0 Å². The Balaban J connectivity index is 2.07. The van der Waals surface area contributed by atoms with Gasteiger partial charge in [-0.1, -0.05) is 55.4 Å². The molecule has 1 aromatic carbocycles. The van der Waals surface area contributed by atoms with Crippen molar-refractivity contribution in [1.82, 2.24) is 15.3 Å². The highest BCUT2D eigenvalue weighted by Gasteiger charge is 2.20. The number of carbonyl (C=O) groups is 2. The summed E-state index contributed by atoms with van der Waals surface area (Å²) in [6.45, 7) is 3.82. The van der Waals surface area contributed by atoms with E-state index in [-0.39, 0.29) is 23.9 Å². The summed E-state index contributed by atoms with van der Waals surface area (Å²) in [5.41, 5.74) is 0.984. The second-order valence-electron chi connectivity index (χ2n) is 6.32. The molecule has 0 fully saturated rings. The molecule has 1 aromatic heterocycles. The zero-order chi connectivity index (χ0) is 20.5. The first kappa shape index (κ1) is 21.7. The van der Waals surface area contributed by atoms with Gasteiger partial charge in [-0.05, 0) is 18.9 Å². The van der Waals surface area contributed by atoms with Gasteiger partial charge in [-0.25, -0.2) is 4.98 Å². The first-order valence-electron chi connectivity index (χ1n) is 9.12. The molecule has 7 nitrogen and oxygen atoms in total. The number of aromatic amines is 1. The first-order chi connectivity index (χ1) is 13.4. The number of amides is 1. The van der Waals surface area contributed by atoms with Gasteiger partial charge in [0.15, 0.2) is 5.16 Å². The number of H-pyrrole nitrogens is 1. The molecule has 150 valence electrons. The summed E-state index contributed by atoms with van der Waals surface area (Å²) in [5.74, 6) is -0.626. The third-order valence-corrected chi connectivity index (χ3v) is 5.06. The molecule has 2 N–H and O–H groups in total. The first-order valence-corrected chi connectivity index (χ1v) is 10.00. The van der Waals surface area contributed by atoms with Crippen molar-refractivity contribution < 1.29 is 14.3 Å². The average molecular weight is 404 g/mol. The van der Waals surface area contributed by atoms with Crippen LogP contribution in [0.15, 0.2) is 46.3 Å². The van der Waals surface area contributed by atoms with Crippen molar-refractivity contribution in [2.24, 2.45) is 0 Å². The molecule has 0 spiro atoms. The summed E-state index contributed by atoms with van der Waals surface area (Å²) in [7, 11) is 1.27. The number of esters is 1. The summed E-state index contributed by atoms with van der Waals surface area (Å²) in [6.07, 6.45) is 1.67. The molecular weight excluding hydrogens is 378 g/mol. The van der Waals surface area contributed by atoms with Crippen LogP contribution in [0.25, 0.3) is 0 Å². The van der Waals surface area contributed by atoms with E-state index < -0.39 is 11.2 Å². The molecule has 8 heteroatoms. The molecule has 0 saturated heterocycles. The molecular formula is C20H25N3O4S. The Hall–Kier alpha value is -2.61. The van der Waals surface area contributed by atoms with Gasteiger partial charge in [-0.15, -0.1) is 0 Å². The lowest BCUT2D eigenvalue weighted by Gasteiger charge is -2.21. The highest BCUT2D eigenvalue weighted by Crippen LogP contribution is 2.22. The normalized spacial score (nSPS) is 12.8. The zero-order valence-corrected chi connectivity index (χ0v) is 17.0.